The lowest BCUT2D eigenvalue weighted by atomic mass is 10.1. The molecule has 1 aliphatic rings. The maximum atomic E-state index is 12.2. The van der Waals surface area contributed by atoms with Crippen LogP contribution in [0.5, 0.6) is 11.5 Å². The van der Waals surface area contributed by atoms with Crippen molar-refractivity contribution >= 4 is 17.2 Å². The second-order valence-corrected chi connectivity index (χ2v) is 6.77. The van der Waals surface area contributed by atoms with E-state index < -0.39 is 0 Å². The van der Waals surface area contributed by atoms with Crippen LogP contribution in [-0.2, 0) is 9.53 Å². The van der Waals surface area contributed by atoms with Crippen LogP contribution in [0.25, 0.3) is 0 Å². The first-order valence-corrected chi connectivity index (χ1v) is 9.58. The first-order chi connectivity index (χ1) is 12.8. The number of amides is 1. The fourth-order valence-electron chi connectivity index (χ4n) is 2.91. The fraction of sp³-hybridized carbons (Fsp3) is 0.421. The Morgan fingerprint density at radius 2 is 2.12 bits per heavy atom. The zero-order chi connectivity index (χ0) is 18.2. The standard InChI is InChI=1S/C19H24N2O4S/c1-23-16-3-2-4-17(11-16)25-13-19(22)20-12-18(15-5-10-26-14-15)21-6-8-24-9-7-21/h2-5,10-11,14,18H,6-9,12-13H2,1H3,(H,20,22). The van der Waals surface area contributed by atoms with Crippen molar-refractivity contribution in [3.05, 3.63) is 46.7 Å². The summed E-state index contributed by atoms with van der Waals surface area (Å²) in [5.41, 5.74) is 1.23. The molecule has 3 rings (SSSR count). The van der Waals surface area contributed by atoms with Crippen molar-refractivity contribution in [3.8, 4) is 11.5 Å². The molecule has 1 aromatic carbocycles. The number of ether oxygens (including phenoxy) is 3. The van der Waals surface area contributed by atoms with Crippen LogP contribution < -0.4 is 14.8 Å². The second-order valence-electron chi connectivity index (χ2n) is 5.99. The molecule has 1 aromatic heterocycles. The maximum absolute atomic E-state index is 12.2. The summed E-state index contributed by atoms with van der Waals surface area (Å²) in [6.07, 6.45) is 0. The quantitative estimate of drug-likeness (QED) is 0.766. The number of benzene rings is 1. The molecule has 1 amide bonds. The molecule has 0 bridgehead atoms. The van der Waals surface area contributed by atoms with Crippen LogP contribution in [-0.4, -0.2) is 57.4 Å². The predicted molar refractivity (Wildman–Crippen MR) is 101 cm³/mol. The van der Waals surface area contributed by atoms with Crippen LogP contribution in [0.2, 0.25) is 0 Å². The number of rotatable bonds is 8. The summed E-state index contributed by atoms with van der Waals surface area (Å²) < 4.78 is 16.2. The highest BCUT2D eigenvalue weighted by Gasteiger charge is 2.23. The van der Waals surface area contributed by atoms with Gasteiger partial charge in [0.25, 0.3) is 5.91 Å². The number of carbonyl (C=O) groups is 1. The zero-order valence-electron chi connectivity index (χ0n) is 14.8. The SMILES string of the molecule is COc1cccc(OCC(=O)NCC(c2ccsc2)N2CCOCC2)c1. The van der Waals surface area contributed by atoms with E-state index in [1.54, 1.807) is 30.6 Å². The molecule has 1 aliphatic heterocycles. The molecule has 2 aromatic rings. The monoisotopic (exact) mass is 376 g/mol. The van der Waals surface area contributed by atoms with Gasteiger partial charge in [-0.15, -0.1) is 0 Å². The number of methoxy groups -OCH3 is 1. The Morgan fingerprint density at radius 1 is 1.31 bits per heavy atom. The molecule has 0 aliphatic carbocycles. The first kappa shape index (κ1) is 18.7. The van der Waals surface area contributed by atoms with Gasteiger partial charge < -0.3 is 19.5 Å². The number of morpholine rings is 1. The Hall–Kier alpha value is -2.09. The van der Waals surface area contributed by atoms with Crippen LogP contribution in [0.1, 0.15) is 11.6 Å². The van der Waals surface area contributed by atoms with Crippen molar-refractivity contribution in [2.75, 3.05) is 46.6 Å². The van der Waals surface area contributed by atoms with Gasteiger partial charge in [-0.2, -0.15) is 11.3 Å². The van der Waals surface area contributed by atoms with Crippen molar-refractivity contribution in [2.45, 2.75) is 6.04 Å². The van der Waals surface area contributed by atoms with Gasteiger partial charge in [0.05, 0.1) is 26.4 Å². The molecular weight excluding hydrogens is 352 g/mol. The lowest BCUT2D eigenvalue weighted by molar-refractivity contribution is -0.123. The normalized spacial score (nSPS) is 16.0. The van der Waals surface area contributed by atoms with Crippen LogP contribution in [0, 0.1) is 0 Å². The number of thiophene rings is 1. The summed E-state index contributed by atoms with van der Waals surface area (Å²) in [7, 11) is 1.60. The molecule has 7 heteroatoms. The van der Waals surface area contributed by atoms with Crippen molar-refractivity contribution < 1.29 is 19.0 Å². The van der Waals surface area contributed by atoms with E-state index in [0.717, 1.165) is 26.3 Å². The number of nitrogens with one attached hydrogen (secondary N) is 1. The third-order valence-electron chi connectivity index (χ3n) is 4.32. The molecule has 1 N–H and O–H groups in total. The number of hydrogen-bond donors (Lipinski definition) is 1. The van der Waals surface area contributed by atoms with Crippen LogP contribution in [0.15, 0.2) is 41.1 Å². The predicted octanol–water partition coefficient (Wildman–Crippen LogP) is 2.33. The Labute approximate surface area is 157 Å². The summed E-state index contributed by atoms with van der Waals surface area (Å²) in [4.78, 5) is 14.6. The fourth-order valence-corrected chi connectivity index (χ4v) is 3.62. The summed E-state index contributed by atoms with van der Waals surface area (Å²) in [5, 5.41) is 7.20. The molecule has 140 valence electrons. The van der Waals surface area contributed by atoms with E-state index in [0.29, 0.717) is 18.0 Å². The van der Waals surface area contributed by atoms with Crippen LogP contribution in [0.4, 0.5) is 0 Å². The molecule has 2 heterocycles. The molecule has 0 radical (unpaired) electrons. The van der Waals surface area contributed by atoms with Gasteiger partial charge in [0.1, 0.15) is 11.5 Å². The second kappa shape index (κ2) is 9.56. The molecular formula is C19H24N2O4S. The summed E-state index contributed by atoms with van der Waals surface area (Å²) in [5.74, 6) is 1.18. The maximum Gasteiger partial charge on any atom is 0.258 e. The lowest BCUT2D eigenvalue weighted by Crippen LogP contribution is -2.44. The van der Waals surface area contributed by atoms with Gasteiger partial charge in [-0.1, -0.05) is 6.07 Å². The van der Waals surface area contributed by atoms with Crippen LogP contribution >= 0.6 is 11.3 Å². The minimum Gasteiger partial charge on any atom is -0.497 e. The number of nitrogens with zero attached hydrogens (tertiary/aromatic N) is 1. The van der Waals surface area contributed by atoms with Gasteiger partial charge in [0.15, 0.2) is 6.61 Å². The Bertz CT molecular complexity index is 687. The van der Waals surface area contributed by atoms with Gasteiger partial charge in [0, 0.05) is 25.7 Å². The van der Waals surface area contributed by atoms with Crippen molar-refractivity contribution in [2.24, 2.45) is 0 Å². The van der Waals surface area contributed by atoms with E-state index >= 15 is 0 Å². The van der Waals surface area contributed by atoms with Crippen molar-refractivity contribution in [1.82, 2.24) is 10.2 Å². The molecule has 6 nitrogen and oxygen atoms in total. The Balaban J connectivity index is 1.52. The third-order valence-corrected chi connectivity index (χ3v) is 5.02. The topological polar surface area (TPSA) is 60.0 Å². The van der Waals surface area contributed by atoms with Gasteiger partial charge in [-0.05, 0) is 34.5 Å². The molecule has 0 spiro atoms. The highest BCUT2D eigenvalue weighted by molar-refractivity contribution is 7.07. The number of hydrogen-bond acceptors (Lipinski definition) is 6. The van der Waals surface area contributed by atoms with E-state index in [4.69, 9.17) is 14.2 Å². The highest BCUT2D eigenvalue weighted by Crippen LogP contribution is 2.23. The molecule has 1 atom stereocenters. The highest BCUT2D eigenvalue weighted by atomic mass is 32.1. The average molecular weight is 376 g/mol. The minimum atomic E-state index is -0.138. The summed E-state index contributed by atoms with van der Waals surface area (Å²) in [6, 6.07) is 9.50. The van der Waals surface area contributed by atoms with Crippen LogP contribution in [0.3, 0.4) is 0 Å². The largest absolute Gasteiger partial charge is 0.497 e. The van der Waals surface area contributed by atoms with E-state index in [1.807, 2.05) is 12.1 Å². The van der Waals surface area contributed by atoms with Crippen molar-refractivity contribution in [1.29, 1.82) is 0 Å². The first-order valence-electron chi connectivity index (χ1n) is 8.63. The van der Waals surface area contributed by atoms with Gasteiger partial charge in [-0.25, -0.2) is 0 Å². The number of carbonyl (C=O) groups excluding carboxylic acids is 1. The molecule has 1 fully saturated rings. The molecule has 1 saturated heterocycles. The van der Waals surface area contributed by atoms with Crippen molar-refractivity contribution in [3.63, 3.8) is 0 Å². The Morgan fingerprint density at radius 3 is 2.85 bits per heavy atom. The van der Waals surface area contributed by atoms with E-state index in [1.165, 1.54) is 5.56 Å². The van der Waals surface area contributed by atoms with Gasteiger partial charge in [0.2, 0.25) is 0 Å². The average Bonchev–Trinajstić information content (AvgIpc) is 3.22. The van der Waals surface area contributed by atoms with Gasteiger partial charge in [-0.3, -0.25) is 9.69 Å². The minimum absolute atomic E-state index is 0.0212. The summed E-state index contributed by atoms with van der Waals surface area (Å²) in [6.45, 7) is 3.73. The van der Waals surface area contributed by atoms with E-state index in [-0.39, 0.29) is 18.6 Å². The molecule has 0 saturated carbocycles. The van der Waals surface area contributed by atoms with E-state index in [9.17, 15) is 4.79 Å². The van der Waals surface area contributed by atoms with Gasteiger partial charge >= 0.3 is 0 Å². The molecule has 26 heavy (non-hydrogen) atoms. The zero-order valence-corrected chi connectivity index (χ0v) is 15.7. The van der Waals surface area contributed by atoms with E-state index in [2.05, 4.69) is 27.0 Å². The third kappa shape index (κ3) is 5.20. The summed E-state index contributed by atoms with van der Waals surface area (Å²) >= 11 is 1.67. The Kier molecular flexibility index (Phi) is 6.88. The lowest BCUT2D eigenvalue weighted by Gasteiger charge is -2.34. The molecule has 1 unspecified atom stereocenters. The smallest absolute Gasteiger partial charge is 0.258 e.